The highest BCUT2D eigenvalue weighted by Gasteiger charge is 2.17. The number of aryl methyl sites for hydroxylation is 1. The van der Waals surface area contributed by atoms with E-state index in [1.165, 1.54) is 23.1 Å². The quantitative estimate of drug-likeness (QED) is 0.829. The van der Waals surface area contributed by atoms with Gasteiger partial charge in [-0.25, -0.2) is 4.39 Å². The molecule has 4 heteroatoms. The molecule has 1 amide bonds. The lowest BCUT2D eigenvalue weighted by Gasteiger charge is -2.18. The van der Waals surface area contributed by atoms with Crippen molar-refractivity contribution in [1.82, 2.24) is 0 Å². The van der Waals surface area contributed by atoms with Gasteiger partial charge in [-0.3, -0.25) is 4.79 Å². The molecule has 0 atom stereocenters. The zero-order valence-corrected chi connectivity index (χ0v) is 11.6. The number of amides is 1. The Morgan fingerprint density at radius 1 is 1.16 bits per heavy atom. The van der Waals surface area contributed by atoms with Gasteiger partial charge in [0.1, 0.15) is 5.82 Å². The van der Waals surface area contributed by atoms with Crippen molar-refractivity contribution in [3.05, 3.63) is 59.4 Å². The molecule has 0 saturated heterocycles. The first-order valence-electron chi connectivity index (χ1n) is 5.82. The highest BCUT2D eigenvalue weighted by atomic mass is 32.1. The van der Waals surface area contributed by atoms with Gasteiger partial charge in [0.05, 0.1) is 5.56 Å². The Bertz CT molecular complexity index is 610. The normalized spacial score (nSPS) is 10.3. The smallest absolute Gasteiger partial charge is 0.261 e. The van der Waals surface area contributed by atoms with Gasteiger partial charge in [0, 0.05) is 17.6 Å². The topological polar surface area (TPSA) is 20.3 Å². The van der Waals surface area contributed by atoms with Gasteiger partial charge in [0.2, 0.25) is 0 Å². The van der Waals surface area contributed by atoms with Crippen molar-refractivity contribution >= 4 is 24.2 Å². The van der Waals surface area contributed by atoms with E-state index in [2.05, 4.69) is 12.6 Å². The molecule has 2 rings (SSSR count). The molecule has 0 fully saturated rings. The molecule has 0 aliphatic heterocycles. The van der Waals surface area contributed by atoms with E-state index in [0.717, 1.165) is 11.3 Å². The van der Waals surface area contributed by atoms with Crippen LogP contribution < -0.4 is 4.90 Å². The third-order valence-corrected chi connectivity index (χ3v) is 3.18. The van der Waals surface area contributed by atoms with Gasteiger partial charge in [-0.15, -0.1) is 12.6 Å². The number of rotatable bonds is 2. The number of hydrogen-bond acceptors (Lipinski definition) is 2. The fraction of sp³-hybridized carbons (Fsp3) is 0.133. The molecule has 0 N–H and O–H groups in total. The fourth-order valence-electron chi connectivity index (χ4n) is 1.74. The maximum Gasteiger partial charge on any atom is 0.261 e. The molecule has 0 aliphatic rings. The van der Waals surface area contributed by atoms with Crippen LogP contribution in [0.25, 0.3) is 0 Å². The van der Waals surface area contributed by atoms with Crippen molar-refractivity contribution in [2.45, 2.75) is 11.8 Å². The molecular weight excluding hydrogens is 261 g/mol. The molecule has 2 aromatic carbocycles. The van der Waals surface area contributed by atoms with Crippen molar-refractivity contribution in [1.29, 1.82) is 0 Å². The number of carbonyl (C=O) groups excluding carboxylic acids is 1. The number of halogens is 1. The largest absolute Gasteiger partial charge is 0.311 e. The molecule has 0 bridgehead atoms. The van der Waals surface area contributed by atoms with Crippen molar-refractivity contribution < 1.29 is 9.18 Å². The number of benzene rings is 2. The molecule has 0 aliphatic carbocycles. The van der Waals surface area contributed by atoms with Crippen LogP contribution in [0.2, 0.25) is 0 Å². The Morgan fingerprint density at radius 3 is 2.42 bits per heavy atom. The summed E-state index contributed by atoms with van der Waals surface area (Å²) in [6, 6.07) is 11.7. The molecule has 0 aromatic heterocycles. The third kappa shape index (κ3) is 2.96. The second-order valence-corrected chi connectivity index (χ2v) is 4.88. The van der Waals surface area contributed by atoms with Crippen LogP contribution in [0.1, 0.15) is 15.9 Å². The van der Waals surface area contributed by atoms with E-state index in [1.54, 1.807) is 7.05 Å². The lowest BCUT2D eigenvalue weighted by Crippen LogP contribution is -2.27. The van der Waals surface area contributed by atoms with E-state index in [4.69, 9.17) is 0 Å². The number of hydrogen-bond donors (Lipinski definition) is 1. The Kier molecular flexibility index (Phi) is 3.90. The lowest BCUT2D eigenvalue weighted by molar-refractivity contribution is 0.0989. The zero-order valence-electron chi connectivity index (χ0n) is 10.7. The minimum absolute atomic E-state index is 0.0237. The lowest BCUT2D eigenvalue weighted by atomic mass is 10.1. The first-order valence-corrected chi connectivity index (χ1v) is 6.27. The van der Waals surface area contributed by atoms with Gasteiger partial charge in [-0.05, 0) is 37.3 Å². The Balaban J connectivity index is 2.33. The van der Waals surface area contributed by atoms with Crippen molar-refractivity contribution in [3.63, 3.8) is 0 Å². The zero-order chi connectivity index (χ0) is 14.0. The first-order chi connectivity index (χ1) is 8.99. The maximum atomic E-state index is 13.7. The van der Waals surface area contributed by atoms with Crippen LogP contribution in [0.15, 0.2) is 47.4 Å². The summed E-state index contributed by atoms with van der Waals surface area (Å²) in [5, 5.41) is 0. The van der Waals surface area contributed by atoms with Crippen LogP contribution >= 0.6 is 12.6 Å². The minimum Gasteiger partial charge on any atom is -0.311 e. The molecule has 0 unspecified atom stereocenters. The summed E-state index contributed by atoms with van der Waals surface area (Å²) in [5.41, 5.74) is 1.85. The van der Waals surface area contributed by atoms with Gasteiger partial charge in [0.25, 0.3) is 5.91 Å². The monoisotopic (exact) mass is 275 g/mol. The summed E-state index contributed by atoms with van der Waals surface area (Å²) in [7, 11) is 1.62. The van der Waals surface area contributed by atoms with E-state index in [0.29, 0.717) is 4.90 Å². The van der Waals surface area contributed by atoms with Gasteiger partial charge >= 0.3 is 0 Å². The minimum atomic E-state index is -0.540. The maximum absolute atomic E-state index is 13.7. The Labute approximate surface area is 117 Å². The number of carbonyl (C=O) groups is 1. The highest BCUT2D eigenvalue weighted by Crippen LogP contribution is 2.19. The summed E-state index contributed by atoms with van der Waals surface area (Å²) in [6.45, 7) is 1.97. The predicted molar refractivity (Wildman–Crippen MR) is 77.6 cm³/mol. The molecule has 0 radical (unpaired) electrons. The summed E-state index contributed by atoms with van der Waals surface area (Å²) in [4.78, 5) is 14.2. The van der Waals surface area contributed by atoms with E-state index in [-0.39, 0.29) is 5.56 Å². The molecule has 0 spiro atoms. The fourth-order valence-corrected chi connectivity index (χ4v) is 1.95. The average molecular weight is 275 g/mol. The summed E-state index contributed by atoms with van der Waals surface area (Å²) < 4.78 is 13.7. The molecule has 98 valence electrons. The van der Waals surface area contributed by atoms with E-state index < -0.39 is 11.7 Å². The van der Waals surface area contributed by atoms with E-state index >= 15 is 0 Å². The number of anilines is 1. The van der Waals surface area contributed by atoms with Gasteiger partial charge in [-0.1, -0.05) is 17.7 Å². The molecule has 2 nitrogen and oxygen atoms in total. The highest BCUT2D eigenvalue weighted by molar-refractivity contribution is 7.80. The van der Waals surface area contributed by atoms with Crippen LogP contribution in [0.4, 0.5) is 10.1 Å². The molecule has 19 heavy (non-hydrogen) atoms. The van der Waals surface area contributed by atoms with Gasteiger partial charge in [0.15, 0.2) is 0 Å². The molecular formula is C15H14FNOS. The SMILES string of the molecule is Cc1ccc(N(C)C(=O)c2cc(S)ccc2F)cc1. The van der Waals surface area contributed by atoms with E-state index in [1.807, 2.05) is 31.2 Å². The van der Waals surface area contributed by atoms with Crippen LogP contribution in [0, 0.1) is 12.7 Å². The first kappa shape index (κ1) is 13.6. The molecule has 2 aromatic rings. The summed E-state index contributed by atoms with van der Waals surface area (Å²) >= 11 is 4.13. The molecule has 0 heterocycles. The van der Waals surface area contributed by atoms with Crippen molar-refractivity contribution in [2.75, 3.05) is 11.9 Å². The standard InChI is InChI=1S/C15H14FNOS/c1-10-3-5-11(6-4-10)17(2)15(18)13-9-12(19)7-8-14(13)16/h3-9,19H,1-2H3. The van der Waals surface area contributed by atoms with E-state index in [9.17, 15) is 9.18 Å². The van der Waals surface area contributed by atoms with Gasteiger partial charge < -0.3 is 4.90 Å². The van der Waals surface area contributed by atoms with Crippen LogP contribution in [-0.2, 0) is 0 Å². The average Bonchev–Trinajstić information content (AvgIpc) is 2.41. The van der Waals surface area contributed by atoms with Crippen LogP contribution in [0.5, 0.6) is 0 Å². The van der Waals surface area contributed by atoms with Crippen LogP contribution in [-0.4, -0.2) is 13.0 Å². The van der Waals surface area contributed by atoms with Crippen molar-refractivity contribution in [2.24, 2.45) is 0 Å². The second-order valence-electron chi connectivity index (χ2n) is 4.36. The third-order valence-electron chi connectivity index (χ3n) is 2.91. The Morgan fingerprint density at radius 2 is 1.79 bits per heavy atom. The number of thiol groups is 1. The number of nitrogens with zero attached hydrogens (tertiary/aromatic N) is 1. The second kappa shape index (κ2) is 5.45. The molecule has 0 saturated carbocycles. The summed E-state index contributed by atoms with van der Waals surface area (Å²) in [6.07, 6.45) is 0. The Hall–Kier alpha value is -1.81. The summed E-state index contributed by atoms with van der Waals surface area (Å²) in [5.74, 6) is -0.931. The van der Waals surface area contributed by atoms with Gasteiger partial charge in [-0.2, -0.15) is 0 Å². The predicted octanol–water partition coefficient (Wildman–Crippen LogP) is 3.70. The van der Waals surface area contributed by atoms with Crippen molar-refractivity contribution in [3.8, 4) is 0 Å². The van der Waals surface area contributed by atoms with Crippen LogP contribution in [0.3, 0.4) is 0 Å².